The zero-order chi connectivity index (χ0) is 14.9. The van der Waals surface area contributed by atoms with Crippen molar-refractivity contribution in [2.45, 2.75) is 31.0 Å². The minimum absolute atomic E-state index is 0.0291. The van der Waals surface area contributed by atoms with Crippen LogP contribution in [0, 0.1) is 0 Å². The van der Waals surface area contributed by atoms with Crippen molar-refractivity contribution in [2.24, 2.45) is 5.73 Å². The minimum Gasteiger partial charge on any atom is -0.388 e. The largest absolute Gasteiger partial charge is 0.388 e. The monoisotopic (exact) mass is 315 g/mol. The van der Waals surface area contributed by atoms with Crippen LogP contribution in [0.4, 0.5) is 0 Å². The Bertz CT molecular complexity index is 608. The van der Waals surface area contributed by atoms with E-state index in [0.717, 1.165) is 0 Å². The SMILES string of the molecule is CC1CN(S(=O)(=O)c2cccnc2C(N)=S)CC(C)O1. The van der Waals surface area contributed by atoms with Crippen LogP contribution in [-0.4, -0.2) is 48.0 Å². The van der Waals surface area contributed by atoms with E-state index >= 15 is 0 Å². The molecule has 2 atom stereocenters. The molecule has 1 fully saturated rings. The summed E-state index contributed by atoms with van der Waals surface area (Å²) in [4.78, 5) is 3.99. The Labute approximate surface area is 124 Å². The van der Waals surface area contributed by atoms with Crippen LogP contribution in [0.3, 0.4) is 0 Å². The van der Waals surface area contributed by atoms with E-state index in [2.05, 4.69) is 4.98 Å². The molecule has 6 nitrogen and oxygen atoms in total. The maximum Gasteiger partial charge on any atom is 0.245 e. The van der Waals surface area contributed by atoms with Crippen molar-refractivity contribution in [3.8, 4) is 0 Å². The van der Waals surface area contributed by atoms with Crippen LogP contribution in [0.5, 0.6) is 0 Å². The highest BCUT2D eigenvalue weighted by Gasteiger charge is 2.34. The Morgan fingerprint density at radius 2 is 2.05 bits per heavy atom. The van der Waals surface area contributed by atoms with Gasteiger partial charge in [0.2, 0.25) is 10.0 Å². The Balaban J connectivity index is 2.43. The van der Waals surface area contributed by atoms with E-state index in [0.29, 0.717) is 13.1 Å². The summed E-state index contributed by atoms with van der Waals surface area (Å²) in [5.41, 5.74) is 5.69. The zero-order valence-electron chi connectivity index (χ0n) is 11.3. The van der Waals surface area contributed by atoms with Crippen molar-refractivity contribution >= 4 is 27.2 Å². The molecule has 2 N–H and O–H groups in total. The summed E-state index contributed by atoms with van der Waals surface area (Å²) < 4.78 is 32.4. The highest BCUT2D eigenvalue weighted by molar-refractivity contribution is 7.89. The number of rotatable bonds is 3. The molecule has 0 aromatic carbocycles. The topological polar surface area (TPSA) is 85.5 Å². The van der Waals surface area contributed by atoms with E-state index in [1.54, 1.807) is 6.07 Å². The van der Waals surface area contributed by atoms with Crippen LogP contribution in [0.15, 0.2) is 23.2 Å². The number of pyridine rings is 1. The third kappa shape index (κ3) is 2.98. The first-order valence-corrected chi connectivity index (χ1v) is 8.07. The molecule has 0 radical (unpaired) electrons. The third-order valence-electron chi connectivity index (χ3n) is 3.01. The van der Waals surface area contributed by atoms with Crippen LogP contribution in [0.1, 0.15) is 19.5 Å². The second-order valence-electron chi connectivity index (χ2n) is 4.79. The fourth-order valence-electron chi connectivity index (χ4n) is 2.25. The van der Waals surface area contributed by atoms with Crippen LogP contribution in [0.2, 0.25) is 0 Å². The second kappa shape index (κ2) is 5.72. The minimum atomic E-state index is -3.68. The molecule has 0 bridgehead atoms. The van der Waals surface area contributed by atoms with Gasteiger partial charge in [-0.1, -0.05) is 12.2 Å². The molecule has 8 heteroatoms. The summed E-state index contributed by atoms with van der Waals surface area (Å²) in [5, 5.41) is 0. The molecule has 1 aliphatic rings. The van der Waals surface area contributed by atoms with Crippen molar-refractivity contribution in [3.63, 3.8) is 0 Å². The van der Waals surface area contributed by atoms with Crippen LogP contribution >= 0.6 is 12.2 Å². The standard InChI is InChI=1S/C12H17N3O3S2/c1-8-6-15(7-9(2)18-8)20(16,17)10-4-3-5-14-11(10)12(13)19/h3-5,8-9H,6-7H2,1-2H3,(H2,13,19). The van der Waals surface area contributed by atoms with E-state index in [1.165, 1.54) is 16.6 Å². The van der Waals surface area contributed by atoms with Gasteiger partial charge >= 0.3 is 0 Å². The van der Waals surface area contributed by atoms with Gasteiger partial charge in [0, 0.05) is 19.3 Å². The first-order chi connectivity index (χ1) is 9.32. The molecule has 1 aromatic rings. The molecular formula is C12H17N3O3S2. The number of sulfonamides is 1. The predicted octanol–water partition coefficient (Wildman–Crippen LogP) is 0.514. The van der Waals surface area contributed by atoms with E-state index < -0.39 is 10.0 Å². The molecule has 0 saturated carbocycles. The first kappa shape index (κ1) is 15.3. The Morgan fingerprint density at radius 1 is 1.45 bits per heavy atom. The number of aromatic nitrogens is 1. The van der Waals surface area contributed by atoms with Gasteiger partial charge in [-0.25, -0.2) is 8.42 Å². The molecule has 2 rings (SSSR count). The number of morpholine rings is 1. The predicted molar refractivity (Wildman–Crippen MR) is 78.9 cm³/mol. The maximum absolute atomic E-state index is 12.7. The van der Waals surface area contributed by atoms with Crippen molar-refractivity contribution in [1.82, 2.24) is 9.29 Å². The quantitative estimate of drug-likeness (QED) is 0.818. The van der Waals surface area contributed by atoms with Gasteiger partial charge in [-0.3, -0.25) is 4.98 Å². The lowest BCUT2D eigenvalue weighted by Crippen LogP contribution is -2.48. The second-order valence-corrected chi connectivity index (χ2v) is 7.14. The molecule has 110 valence electrons. The van der Waals surface area contributed by atoms with Crippen LogP contribution in [-0.2, 0) is 14.8 Å². The number of hydrogen-bond acceptors (Lipinski definition) is 5. The summed E-state index contributed by atoms with van der Waals surface area (Å²) in [6.07, 6.45) is 1.16. The molecular weight excluding hydrogens is 298 g/mol. The van der Waals surface area contributed by atoms with E-state index in [-0.39, 0.29) is 27.8 Å². The lowest BCUT2D eigenvalue weighted by molar-refractivity contribution is -0.0440. The fourth-order valence-corrected chi connectivity index (χ4v) is 4.23. The van der Waals surface area contributed by atoms with Crippen LogP contribution < -0.4 is 5.73 Å². The van der Waals surface area contributed by atoms with Crippen LogP contribution in [0.25, 0.3) is 0 Å². The Kier molecular flexibility index (Phi) is 4.38. The van der Waals surface area contributed by atoms with Gasteiger partial charge in [0.05, 0.1) is 12.2 Å². The van der Waals surface area contributed by atoms with Gasteiger partial charge in [0.1, 0.15) is 15.6 Å². The average Bonchev–Trinajstić information content (AvgIpc) is 2.37. The molecule has 2 unspecified atom stereocenters. The van der Waals surface area contributed by atoms with E-state index in [9.17, 15) is 8.42 Å². The molecule has 1 saturated heterocycles. The normalized spacial score (nSPS) is 24.5. The lowest BCUT2D eigenvalue weighted by atomic mass is 10.3. The summed E-state index contributed by atoms with van der Waals surface area (Å²) in [5.74, 6) is 0. The molecule has 2 heterocycles. The highest BCUT2D eigenvalue weighted by atomic mass is 32.2. The lowest BCUT2D eigenvalue weighted by Gasteiger charge is -2.34. The number of ether oxygens (including phenoxy) is 1. The average molecular weight is 315 g/mol. The van der Waals surface area contributed by atoms with Crippen molar-refractivity contribution in [1.29, 1.82) is 0 Å². The van der Waals surface area contributed by atoms with Crippen molar-refractivity contribution in [3.05, 3.63) is 24.0 Å². The van der Waals surface area contributed by atoms with Gasteiger partial charge < -0.3 is 10.5 Å². The Hall–Kier alpha value is -1.09. The maximum atomic E-state index is 12.7. The summed E-state index contributed by atoms with van der Waals surface area (Å²) in [6, 6.07) is 3.03. The molecule has 0 amide bonds. The highest BCUT2D eigenvalue weighted by Crippen LogP contribution is 2.22. The number of hydrogen-bond donors (Lipinski definition) is 1. The summed E-state index contributed by atoms with van der Waals surface area (Å²) >= 11 is 4.87. The smallest absolute Gasteiger partial charge is 0.245 e. The van der Waals surface area contributed by atoms with Crippen molar-refractivity contribution < 1.29 is 13.2 Å². The molecule has 20 heavy (non-hydrogen) atoms. The number of nitrogens with two attached hydrogens (primary N) is 1. The van der Waals surface area contributed by atoms with E-state index in [4.69, 9.17) is 22.7 Å². The fraction of sp³-hybridized carbons (Fsp3) is 0.500. The molecule has 0 aliphatic carbocycles. The molecule has 1 aliphatic heterocycles. The van der Waals surface area contributed by atoms with Gasteiger partial charge in [-0.05, 0) is 26.0 Å². The molecule has 0 spiro atoms. The summed E-state index contributed by atoms with van der Waals surface area (Å²) in [7, 11) is -3.68. The molecule has 1 aromatic heterocycles. The van der Waals surface area contributed by atoms with Crippen molar-refractivity contribution in [2.75, 3.05) is 13.1 Å². The Morgan fingerprint density at radius 3 is 2.60 bits per heavy atom. The number of thiocarbonyl (C=S) groups is 1. The van der Waals surface area contributed by atoms with Gasteiger partial charge in [-0.15, -0.1) is 0 Å². The van der Waals surface area contributed by atoms with Gasteiger partial charge in [0.15, 0.2) is 0 Å². The van der Waals surface area contributed by atoms with Gasteiger partial charge in [0.25, 0.3) is 0 Å². The zero-order valence-corrected chi connectivity index (χ0v) is 12.9. The first-order valence-electron chi connectivity index (χ1n) is 6.23. The summed E-state index contributed by atoms with van der Waals surface area (Å²) in [6.45, 7) is 4.29. The third-order valence-corrected chi connectivity index (χ3v) is 5.06. The van der Waals surface area contributed by atoms with E-state index in [1.807, 2.05) is 13.8 Å². The number of nitrogens with zero attached hydrogens (tertiary/aromatic N) is 2. The van der Waals surface area contributed by atoms with Gasteiger partial charge in [-0.2, -0.15) is 4.31 Å².